The van der Waals surface area contributed by atoms with Crippen molar-refractivity contribution in [3.05, 3.63) is 0 Å². The van der Waals surface area contributed by atoms with E-state index < -0.39 is 0 Å². The summed E-state index contributed by atoms with van der Waals surface area (Å²) in [5.74, 6) is 0. The number of hydrogen-bond donors (Lipinski definition) is 2. The van der Waals surface area contributed by atoms with Crippen LogP contribution in [0.15, 0.2) is 0 Å². The first-order chi connectivity index (χ1) is 5.81. The molecule has 0 unspecified atom stereocenters. The molecule has 0 saturated heterocycles. The van der Waals surface area contributed by atoms with Crippen molar-refractivity contribution in [1.82, 2.24) is 4.90 Å². The van der Waals surface area contributed by atoms with E-state index in [0.29, 0.717) is 0 Å². The van der Waals surface area contributed by atoms with Crippen LogP contribution in [0.3, 0.4) is 0 Å². The van der Waals surface area contributed by atoms with Gasteiger partial charge in [0.15, 0.2) is 0 Å². The Bertz CT molecular complexity index is 75.8. The zero-order valence-corrected chi connectivity index (χ0v) is 8.84. The Kier molecular flexibility index (Phi) is 8.88. The fourth-order valence-corrected chi connectivity index (χ4v) is 1.24. The van der Waals surface area contributed by atoms with Crippen molar-refractivity contribution in [1.29, 1.82) is 0 Å². The molecule has 0 aliphatic heterocycles. The summed E-state index contributed by atoms with van der Waals surface area (Å²) >= 11 is 0. The van der Waals surface area contributed by atoms with Gasteiger partial charge in [-0.3, -0.25) is 0 Å². The average molecular weight is 175 g/mol. The summed E-state index contributed by atoms with van der Waals surface area (Å²) in [4.78, 5) is 2.42. The van der Waals surface area contributed by atoms with Crippen molar-refractivity contribution >= 4 is 0 Å². The van der Waals surface area contributed by atoms with Crippen LogP contribution in [0, 0.1) is 0 Å². The van der Waals surface area contributed by atoms with E-state index in [-0.39, 0.29) is 0 Å². The fraction of sp³-hybridized carbons (Fsp3) is 1.00. The molecule has 0 aliphatic rings. The van der Waals surface area contributed by atoms with Crippen molar-refractivity contribution < 1.29 is 10.6 Å². The van der Waals surface area contributed by atoms with E-state index in [9.17, 15) is 0 Å². The molecule has 0 bridgehead atoms. The van der Waals surface area contributed by atoms with Crippen LogP contribution in [-0.2, 0) is 0 Å². The Morgan fingerprint density at radius 3 is 1.67 bits per heavy atom. The lowest BCUT2D eigenvalue weighted by molar-refractivity contribution is -0.627. The van der Waals surface area contributed by atoms with E-state index in [1.165, 1.54) is 39.0 Å². The molecule has 4 N–H and O–H groups in total. The molecule has 0 aromatic rings. The molecule has 0 aromatic heterocycles. The fourth-order valence-electron chi connectivity index (χ4n) is 1.24. The minimum Gasteiger partial charge on any atom is -0.349 e. The first kappa shape index (κ1) is 11.9. The topological polar surface area (TPSA) is 36.5 Å². The maximum absolute atomic E-state index is 2.42. The van der Waals surface area contributed by atoms with E-state index in [0.717, 1.165) is 0 Å². The highest BCUT2D eigenvalue weighted by atomic mass is 15.1. The molecule has 0 radical (unpaired) electrons. The lowest BCUT2D eigenvalue weighted by atomic mass is 10.3. The van der Waals surface area contributed by atoms with Crippen molar-refractivity contribution in [2.45, 2.75) is 12.8 Å². The van der Waals surface area contributed by atoms with Gasteiger partial charge in [-0.15, -0.1) is 0 Å². The Morgan fingerprint density at radius 2 is 1.33 bits per heavy atom. The zero-order valence-electron chi connectivity index (χ0n) is 8.84. The molecule has 12 heavy (non-hydrogen) atoms. The van der Waals surface area contributed by atoms with Gasteiger partial charge in [-0.25, -0.2) is 0 Å². The number of nitrogens with zero attached hydrogens (tertiary/aromatic N) is 1. The Hall–Kier alpha value is -0.120. The third-order valence-corrected chi connectivity index (χ3v) is 2.07. The van der Waals surface area contributed by atoms with Gasteiger partial charge in [-0.05, 0) is 7.05 Å². The van der Waals surface area contributed by atoms with E-state index in [1.54, 1.807) is 0 Å². The average Bonchev–Trinajstić information content (AvgIpc) is 2.06. The van der Waals surface area contributed by atoms with Gasteiger partial charge in [0.25, 0.3) is 0 Å². The van der Waals surface area contributed by atoms with Gasteiger partial charge < -0.3 is 15.5 Å². The summed E-state index contributed by atoms with van der Waals surface area (Å²) in [5.41, 5.74) is 0. The maximum atomic E-state index is 2.42. The van der Waals surface area contributed by atoms with Gasteiger partial charge >= 0.3 is 0 Å². The lowest BCUT2D eigenvalue weighted by Crippen LogP contribution is -2.80. The number of rotatable bonds is 8. The van der Waals surface area contributed by atoms with E-state index in [2.05, 4.69) is 36.7 Å². The smallest absolute Gasteiger partial charge is 0.0765 e. The number of nitrogens with two attached hydrogens (primary N) is 2. The van der Waals surface area contributed by atoms with Crippen LogP contribution in [-0.4, -0.2) is 52.2 Å². The van der Waals surface area contributed by atoms with Gasteiger partial charge in [0.2, 0.25) is 0 Å². The Morgan fingerprint density at radius 1 is 0.917 bits per heavy atom. The predicted octanol–water partition coefficient (Wildman–Crippen LogP) is -1.92. The van der Waals surface area contributed by atoms with E-state index >= 15 is 0 Å². The lowest BCUT2D eigenvalue weighted by Gasteiger charge is -2.14. The maximum Gasteiger partial charge on any atom is 0.0765 e. The second-order valence-electron chi connectivity index (χ2n) is 3.40. The van der Waals surface area contributed by atoms with Crippen LogP contribution in [0.5, 0.6) is 0 Å². The van der Waals surface area contributed by atoms with E-state index in [1.807, 2.05) is 0 Å². The molecule has 0 aliphatic carbocycles. The summed E-state index contributed by atoms with van der Waals surface area (Å²) in [6.45, 7) is 5.00. The van der Waals surface area contributed by atoms with Crippen LogP contribution >= 0.6 is 0 Å². The third kappa shape index (κ3) is 7.98. The SMILES string of the molecule is C[NH2+]CCCN(C)CCC[NH2+]C. The molecule has 0 heterocycles. The summed E-state index contributed by atoms with van der Waals surface area (Å²) in [5, 5.41) is 4.49. The van der Waals surface area contributed by atoms with Crippen molar-refractivity contribution in [3.8, 4) is 0 Å². The summed E-state index contributed by atoms with van der Waals surface area (Å²) in [6, 6.07) is 0. The normalized spacial score (nSPS) is 11.0. The number of hydrogen-bond acceptors (Lipinski definition) is 1. The summed E-state index contributed by atoms with van der Waals surface area (Å²) in [6.07, 6.45) is 2.62. The molecule has 3 heteroatoms. The minimum absolute atomic E-state index is 1.24. The largest absolute Gasteiger partial charge is 0.349 e. The second kappa shape index (κ2) is 8.97. The Labute approximate surface area is 76.5 Å². The first-order valence-corrected chi connectivity index (χ1v) is 5.05. The third-order valence-electron chi connectivity index (χ3n) is 2.07. The van der Waals surface area contributed by atoms with Gasteiger partial charge in [-0.2, -0.15) is 0 Å². The van der Waals surface area contributed by atoms with Crippen molar-refractivity contribution in [2.75, 3.05) is 47.3 Å². The molecule has 0 amide bonds. The number of quaternary nitrogens is 2. The quantitative estimate of drug-likeness (QED) is 0.415. The predicted molar refractivity (Wildman–Crippen MR) is 52.2 cm³/mol. The van der Waals surface area contributed by atoms with E-state index in [4.69, 9.17) is 0 Å². The van der Waals surface area contributed by atoms with Crippen LogP contribution in [0.25, 0.3) is 0 Å². The monoisotopic (exact) mass is 175 g/mol. The van der Waals surface area contributed by atoms with Gasteiger partial charge in [0.05, 0.1) is 27.2 Å². The van der Waals surface area contributed by atoms with Gasteiger partial charge in [0.1, 0.15) is 0 Å². The molecule has 74 valence electrons. The van der Waals surface area contributed by atoms with Crippen LogP contribution < -0.4 is 10.6 Å². The summed E-state index contributed by atoms with van der Waals surface area (Å²) < 4.78 is 0. The highest BCUT2D eigenvalue weighted by molar-refractivity contribution is 4.49. The van der Waals surface area contributed by atoms with Gasteiger partial charge in [-0.1, -0.05) is 0 Å². The van der Waals surface area contributed by atoms with Crippen LogP contribution in [0.1, 0.15) is 12.8 Å². The van der Waals surface area contributed by atoms with Crippen LogP contribution in [0.4, 0.5) is 0 Å². The minimum atomic E-state index is 1.24. The summed E-state index contributed by atoms with van der Waals surface area (Å²) in [7, 11) is 6.48. The molecule has 0 fully saturated rings. The molecule has 0 aromatic carbocycles. The standard InChI is InChI=1S/C9H23N3/c1-10-6-4-8-12(3)9-5-7-11-2/h10-11H,4-9H2,1-3H3/p+2. The molecule has 0 spiro atoms. The second-order valence-corrected chi connectivity index (χ2v) is 3.40. The molecule has 0 rings (SSSR count). The van der Waals surface area contributed by atoms with Crippen LogP contribution in [0.2, 0.25) is 0 Å². The molecule has 0 atom stereocenters. The first-order valence-electron chi connectivity index (χ1n) is 5.05. The molecule has 0 saturated carbocycles. The van der Waals surface area contributed by atoms with Crippen molar-refractivity contribution in [2.24, 2.45) is 0 Å². The Balaban J connectivity index is 3.04. The molecule has 3 nitrogen and oxygen atoms in total. The zero-order chi connectivity index (χ0) is 9.23. The highest BCUT2D eigenvalue weighted by Gasteiger charge is 1.97. The molecular formula is C9H25N3+2. The van der Waals surface area contributed by atoms with Gasteiger partial charge in [0, 0.05) is 25.9 Å². The highest BCUT2D eigenvalue weighted by Crippen LogP contribution is 1.86. The van der Waals surface area contributed by atoms with Crippen molar-refractivity contribution in [3.63, 3.8) is 0 Å². The molecular weight excluding hydrogens is 150 g/mol.